The molecular formula is C18H16O7. The number of carboxylic acids is 1. The molecule has 1 aromatic heterocycles. The standard InChI is InChI=1S/C15H10O5.C3H6O2/c16-9-6-11(8-4-2-1-3-5-8)20-12-7-10(17)14(18)15(19)13(9)12;1-2-3(4)5/h1-7,17-19H;2H2,1H3,(H,4,5). The molecule has 25 heavy (non-hydrogen) atoms. The van der Waals surface area contributed by atoms with E-state index in [2.05, 4.69) is 0 Å². The van der Waals surface area contributed by atoms with Crippen LogP contribution in [0.3, 0.4) is 0 Å². The van der Waals surface area contributed by atoms with Crippen molar-refractivity contribution < 1.29 is 29.6 Å². The summed E-state index contributed by atoms with van der Waals surface area (Å²) in [4.78, 5) is 21.4. The van der Waals surface area contributed by atoms with Gasteiger partial charge in [0.05, 0.1) is 0 Å². The highest BCUT2D eigenvalue weighted by Gasteiger charge is 2.17. The Bertz CT molecular complexity index is 959. The lowest BCUT2D eigenvalue weighted by Crippen LogP contribution is -2.00. The molecule has 7 nitrogen and oxygen atoms in total. The summed E-state index contributed by atoms with van der Waals surface area (Å²) in [5.41, 5.74) is 0.195. The van der Waals surface area contributed by atoms with Crippen LogP contribution in [0.4, 0.5) is 0 Å². The molecule has 0 aliphatic rings. The number of phenolic OH excluding ortho intramolecular Hbond substituents is 3. The van der Waals surface area contributed by atoms with Crippen molar-refractivity contribution in [3.63, 3.8) is 0 Å². The summed E-state index contributed by atoms with van der Waals surface area (Å²) >= 11 is 0. The molecule has 3 aromatic rings. The van der Waals surface area contributed by atoms with Crippen molar-refractivity contribution in [1.29, 1.82) is 0 Å². The number of carboxylic acid groups (broad SMARTS) is 1. The number of fused-ring (bicyclic) bond motifs is 1. The Morgan fingerprint density at radius 3 is 2.20 bits per heavy atom. The highest BCUT2D eigenvalue weighted by Crippen LogP contribution is 2.40. The second-order valence-electron chi connectivity index (χ2n) is 5.05. The van der Waals surface area contributed by atoms with Gasteiger partial charge in [-0.25, -0.2) is 0 Å². The molecule has 0 aliphatic carbocycles. The van der Waals surface area contributed by atoms with Crippen LogP contribution in [0.15, 0.2) is 51.7 Å². The van der Waals surface area contributed by atoms with Gasteiger partial charge in [0.1, 0.15) is 16.7 Å². The van der Waals surface area contributed by atoms with Crippen molar-refractivity contribution >= 4 is 16.9 Å². The molecule has 0 fully saturated rings. The molecule has 2 aromatic carbocycles. The number of carbonyl (C=O) groups is 1. The van der Waals surface area contributed by atoms with E-state index in [1.807, 2.05) is 6.07 Å². The Kier molecular flexibility index (Phi) is 5.28. The van der Waals surface area contributed by atoms with Crippen LogP contribution in [0.2, 0.25) is 0 Å². The maximum Gasteiger partial charge on any atom is 0.303 e. The molecule has 1 heterocycles. The van der Waals surface area contributed by atoms with Gasteiger partial charge < -0.3 is 24.8 Å². The quantitative estimate of drug-likeness (QED) is 0.526. The number of hydrogen-bond acceptors (Lipinski definition) is 6. The Balaban J connectivity index is 0.000000399. The third-order valence-electron chi connectivity index (χ3n) is 3.31. The fourth-order valence-electron chi connectivity index (χ4n) is 2.02. The largest absolute Gasteiger partial charge is 0.504 e. The number of rotatable bonds is 2. The van der Waals surface area contributed by atoms with E-state index >= 15 is 0 Å². The third kappa shape index (κ3) is 3.89. The number of hydrogen-bond donors (Lipinski definition) is 4. The van der Waals surface area contributed by atoms with Gasteiger partial charge in [0.15, 0.2) is 16.9 Å². The minimum absolute atomic E-state index is 0.00385. The molecule has 0 bridgehead atoms. The van der Waals surface area contributed by atoms with Crippen molar-refractivity contribution in [2.75, 3.05) is 0 Å². The highest BCUT2D eigenvalue weighted by atomic mass is 16.4. The number of aliphatic carboxylic acids is 1. The summed E-state index contributed by atoms with van der Waals surface area (Å²) in [5.74, 6) is -2.41. The zero-order valence-electron chi connectivity index (χ0n) is 13.3. The van der Waals surface area contributed by atoms with Crippen molar-refractivity contribution in [2.45, 2.75) is 13.3 Å². The van der Waals surface area contributed by atoms with Crippen LogP contribution in [0.25, 0.3) is 22.3 Å². The van der Waals surface area contributed by atoms with Gasteiger partial charge in [-0.1, -0.05) is 37.3 Å². The summed E-state index contributed by atoms with van der Waals surface area (Å²) in [7, 11) is 0. The molecule has 0 saturated heterocycles. The first-order valence-corrected chi connectivity index (χ1v) is 7.34. The van der Waals surface area contributed by atoms with E-state index in [1.165, 1.54) is 6.07 Å². The molecule has 0 amide bonds. The smallest absolute Gasteiger partial charge is 0.303 e. The minimum atomic E-state index is -0.745. The average Bonchev–Trinajstić information content (AvgIpc) is 2.60. The topological polar surface area (TPSA) is 128 Å². The Morgan fingerprint density at radius 2 is 1.64 bits per heavy atom. The SMILES string of the molecule is CCC(=O)O.O=c1cc(-c2ccccc2)oc2cc(O)c(O)c(O)c12. The lowest BCUT2D eigenvalue weighted by molar-refractivity contribution is -0.136. The van der Waals surface area contributed by atoms with E-state index < -0.39 is 28.6 Å². The van der Waals surface area contributed by atoms with Crippen LogP contribution in [-0.4, -0.2) is 26.4 Å². The summed E-state index contributed by atoms with van der Waals surface area (Å²) in [6.07, 6.45) is 0.222. The summed E-state index contributed by atoms with van der Waals surface area (Å²) in [5, 5.41) is 36.2. The second kappa shape index (κ2) is 7.39. The first-order chi connectivity index (χ1) is 11.8. The van der Waals surface area contributed by atoms with E-state index in [4.69, 9.17) is 9.52 Å². The Morgan fingerprint density at radius 1 is 1.04 bits per heavy atom. The van der Waals surface area contributed by atoms with Crippen LogP contribution in [-0.2, 0) is 4.79 Å². The summed E-state index contributed by atoms with van der Waals surface area (Å²) < 4.78 is 5.51. The first-order valence-electron chi connectivity index (χ1n) is 7.34. The van der Waals surface area contributed by atoms with Gasteiger partial charge in [0.2, 0.25) is 5.75 Å². The normalized spacial score (nSPS) is 10.1. The van der Waals surface area contributed by atoms with E-state index in [0.29, 0.717) is 11.3 Å². The third-order valence-corrected chi connectivity index (χ3v) is 3.31. The van der Waals surface area contributed by atoms with Crippen molar-refractivity contribution in [2.24, 2.45) is 0 Å². The van der Waals surface area contributed by atoms with Crippen molar-refractivity contribution in [3.8, 4) is 28.6 Å². The van der Waals surface area contributed by atoms with Crippen LogP contribution in [0.1, 0.15) is 13.3 Å². The molecule has 4 N–H and O–H groups in total. The fraction of sp³-hybridized carbons (Fsp3) is 0.111. The Labute approximate surface area is 142 Å². The van der Waals surface area contributed by atoms with E-state index in [1.54, 1.807) is 31.2 Å². The molecule has 0 unspecified atom stereocenters. The lowest BCUT2D eigenvalue weighted by atomic mass is 10.1. The fourth-order valence-corrected chi connectivity index (χ4v) is 2.02. The molecule has 130 valence electrons. The monoisotopic (exact) mass is 344 g/mol. The zero-order valence-corrected chi connectivity index (χ0v) is 13.3. The molecular weight excluding hydrogens is 328 g/mol. The average molecular weight is 344 g/mol. The summed E-state index contributed by atoms with van der Waals surface area (Å²) in [6.45, 7) is 1.60. The van der Waals surface area contributed by atoms with Gasteiger partial charge in [-0.05, 0) is 0 Å². The maximum atomic E-state index is 12.0. The molecule has 0 spiro atoms. The predicted octanol–water partition coefficient (Wildman–Crippen LogP) is 3.06. The van der Waals surface area contributed by atoms with Crippen LogP contribution >= 0.6 is 0 Å². The van der Waals surface area contributed by atoms with Crippen LogP contribution in [0, 0.1) is 0 Å². The van der Waals surface area contributed by atoms with E-state index in [9.17, 15) is 24.9 Å². The second-order valence-corrected chi connectivity index (χ2v) is 5.05. The molecule has 7 heteroatoms. The van der Waals surface area contributed by atoms with Crippen molar-refractivity contribution in [1.82, 2.24) is 0 Å². The number of aromatic hydroxyl groups is 3. The lowest BCUT2D eigenvalue weighted by Gasteiger charge is -2.06. The van der Waals surface area contributed by atoms with Gasteiger partial charge in [-0.3, -0.25) is 9.59 Å². The molecule has 3 rings (SSSR count). The molecule has 0 radical (unpaired) electrons. The van der Waals surface area contributed by atoms with Crippen LogP contribution < -0.4 is 5.43 Å². The number of benzene rings is 2. The molecule has 0 atom stereocenters. The van der Waals surface area contributed by atoms with E-state index in [-0.39, 0.29) is 17.4 Å². The van der Waals surface area contributed by atoms with Crippen LogP contribution in [0.5, 0.6) is 17.2 Å². The van der Waals surface area contributed by atoms with Gasteiger partial charge in [-0.2, -0.15) is 0 Å². The Hall–Kier alpha value is -3.48. The first kappa shape index (κ1) is 17.9. The molecule has 0 aliphatic heterocycles. The molecule has 0 saturated carbocycles. The van der Waals surface area contributed by atoms with Gasteiger partial charge >= 0.3 is 5.97 Å². The predicted molar refractivity (Wildman–Crippen MR) is 90.8 cm³/mol. The minimum Gasteiger partial charge on any atom is -0.504 e. The van der Waals surface area contributed by atoms with Gasteiger partial charge in [-0.15, -0.1) is 0 Å². The van der Waals surface area contributed by atoms with Gasteiger partial charge in [0, 0.05) is 24.1 Å². The van der Waals surface area contributed by atoms with E-state index in [0.717, 1.165) is 6.07 Å². The summed E-state index contributed by atoms with van der Waals surface area (Å²) in [6, 6.07) is 11.3. The maximum absolute atomic E-state index is 12.0. The zero-order chi connectivity index (χ0) is 18.6. The number of phenols is 3. The highest BCUT2D eigenvalue weighted by molar-refractivity contribution is 5.89. The van der Waals surface area contributed by atoms with Gasteiger partial charge in [0.25, 0.3) is 0 Å². The van der Waals surface area contributed by atoms with Crippen molar-refractivity contribution in [3.05, 3.63) is 52.7 Å².